The van der Waals surface area contributed by atoms with Gasteiger partial charge in [-0.05, 0) is 37.0 Å². The Morgan fingerprint density at radius 2 is 2.10 bits per heavy atom. The number of aromatic nitrogens is 2. The smallest absolute Gasteiger partial charge is 0.228 e. The quantitative estimate of drug-likeness (QED) is 0.928. The highest BCUT2D eigenvalue weighted by Gasteiger charge is 2.32. The van der Waals surface area contributed by atoms with Crippen LogP contribution < -0.4 is 5.32 Å². The standard InChI is InChI=1S/C16H24N4O/c1-16(2,3)13-6-4-12(5-7-13)15(21)18-14-8-10-20(19-14)11-9-17/h8,10,12-13H,4-7,11H2,1-3H3,(H,18,19,21). The van der Waals surface area contributed by atoms with Crippen LogP contribution in [0.15, 0.2) is 12.3 Å². The average molecular weight is 288 g/mol. The second kappa shape index (κ2) is 6.30. The number of hydrogen-bond donors (Lipinski definition) is 1. The predicted octanol–water partition coefficient (Wildman–Crippen LogP) is 3.20. The number of carbonyl (C=O) groups excluding carboxylic acids is 1. The highest BCUT2D eigenvalue weighted by Crippen LogP contribution is 2.39. The summed E-state index contributed by atoms with van der Waals surface area (Å²) >= 11 is 0. The van der Waals surface area contributed by atoms with E-state index in [1.54, 1.807) is 12.3 Å². The van der Waals surface area contributed by atoms with Crippen molar-refractivity contribution < 1.29 is 4.79 Å². The molecule has 1 fully saturated rings. The Balaban J connectivity index is 1.86. The van der Waals surface area contributed by atoms with E-state index in [2.05, 4.69) is 31.2 Å². The maximum Gasteiger partial charge on any atom is 0.228 e. The third kappa shape index (κ3) is 4.07. The first-order valence-electron chi connectivity index (χ1n) is 7.61. The average Bonchev–Trinajstić information content (AvgIpc) is 2.86. The Hall–Kier alpha value is -1.83. The number of rotatable bonds is 3. The summed E-state index contributed by atoms with van der Waals surface area (Å²) < 4.78 is 1.52. The largest absolute Gasteiger partial charge is 0.309 e. The van der Waals surface area contributed by atoms with Crippen molar-refractivity contribution in [2.45, 2.75) is 53.0 Å². The normalized spacial score (nSPS) is 22.6. The number of anilines is 1. The molecule has 21 heavy (non-hydrogen) atoms. The van der Waals surface area contributed by atoms with Crippen LogP contribution in [0.25, 0.3) is 0 Å². The van der Waals surface area contributed by atoms with E-state index in [-0.39, 0.29) is 18.4 Å². The van der Waals surface area contributed by atoms with Gasteiger partial charge in [-0.25, -0.2) is 0 Å². The molecule has 2 rings (SSSR count). The molecule has 1 amide bonds. The molecule has 0 saturated heterocycles. The molecule has 1 aromatic rings. The maximum atomic E-state index is 12.3. The van der Waals surface area contributed by atoms with Crippen molar-refractivity contribution in [3.63, 3.8) is 0 Å². The van der Waals surface area contributed by atoms with Gasteiger partial charge in [-0.3, -0.25) is 9.48 Å². The van der Waals surface area contributed by atoms with Crippen LogP contribution in [-0.4, -0.2) is 15.7 Å². The fourth-order valence-electron chi connectivity index (χ4n) is 3.04. The van der Waals surface area contributed by atoms with Gasteiger partial charge in [0, 0.05) is 18.2 Å². The van der Waals surface area contributed by atoms with E-state index in [1.807, 2.05) is 6.07 Å². The lowest BCUT2D eigenvalue weighted by molar-refractivity contribution is -0.121. The Labute approximate surface area is 126 Å². The van der Waals surface area contributed by atoms with E-state index in [4.69, 9.17) is 5.26 Å². The summed E-state index contributed by atoms with van der Waals surface area (Å²) in [5, 5.41) is 15.6. The van der Waals surface area contributed by atoms with Crippen LogP contribution in [0.1, 0.15) is 46.5 Å². The molecule has 0 unspecified atom stereocenters. The topological polar surface area (TPSA) is 70.7 Å². The van der Waals surface area contributed by atoms with Crippen LogP contribution in [0, 0.1) is 28.6 Å². The summed E-state index contributed by atoms with van der Waals surface area (Å²) in [7, 11) is 0. The van der Waals surface area contributed by atoms with Gasteiger partial charge in [0.2, 0.25) is 5.91 Å². The minimum Gasteiger partial charge on any atom is -0.309 e. The van der Waals surface area contributed by atoms with Crippen molar-refractivity contribution in [1.29, 1.82) is 5.26 Å². The third-order valence-electron chi connectivity index (χ3n) is 4.45. The molecule has 1 aromatic heterocycles. The lowest BCUT2D eigenvalue weighted by Gasteiger charge is -2.36. The zero-order valence-corrected chi connectivity index (χ0v) is 13.1. The highest BCUT2D eigenvalue weighted by molar-refractivity contribution is 5.91. The van der Waals surface area contributed by atoms with Gasteiger partial charge in [-0.2, -0.15) is 10.4 Å². The Bertz CT molecular complexity index is 527. The number of carbonyl (C=O) groups is 1. The molecule has 1 saturated carbocycles. The summed E-state index contributed by atoms with van der Waals surface area (Å²) in [6.45, 7) is 7.03. The van der Waals surface area contributed by atoms with E-state index < -0.39 is 0 Å². The molecule has 1 aliphatic carbocycles. The zero-order chi connectivity index (χ0) is 15.5. The molecule has 0 aliphatic heterocycles. The summed E-state index contributed by atoms with van der Waals surface area (Å²) in [6, 6.07) is 3.75. The van der Waals surface area contributed by atoms with Crippen molar-refractivity contribution in [2.24, 2.45) is 17.3 Å². The number of nitrogens with zero attached hydrogens (tertiary/aromatic N) is 3. The lowest BCUT2D eigenvalue weighted by Crippen LogP contribution is -2.31. The monoisotopic (exact) mass is 288 g/mol. The van der Waals surface area contributed by atoms with E-state index >= 15 is 0 Å². The fourth-order valence-corrected chi connectivity index (χ4v) is 3.04. The molecule has 5 heteroatoms. The van der Waals surface area contributed by atoms with Gasteiger partial charge in [-0.15, -0.1) is 0 Å². The highest BCUT2D eigenvalue weighted by atomic mass is 16.2. The third-order valence-corrected chi connectivity index (χ3v) is 4.45. The first kappa shape index (κ1) is 15.6. The Morgan fingerprint density at radius 3 is 2.67 bits per heavy atom. The van der Waals surface area contributed by atoms with Gasteiger partial charge in [0.15, 0.2) is 5.82 Å². The second-order valence-electron chi connectivity index (χ2n) is 6.96. The number of hydrogen-bond acceptors (Lipinski definition) is 3. The summed E-state index contributed by atoms with van der Waals surface area (Å²) in [4.78, 5) is 12.3. The molecule has 0 radical (unpaired) electrons. The summed E-state index contributed by atoms with van der Waals surface area (Å²) in [5.41, 5.74) is 0.331. The van der Waals surface area contributed by atoms with E-state index in [0.717, 1.165) is 25.7 Å². The van der Waals surface area contributed by atoms with Crippen molar-refractivity contribution in [1.82, 2.24) is 9.78 Å². The lowest BCUT2D eigenvalue weighted by atomic mass is 9.70. The molecule has 1 aliphatic rings. The van der Waals surface area contributed by atoms with Crippen LogP contribution in [0.2, 0.25) is 0 Å². The van der Waals surface area contributed by atoms with Crippen molar-refractivity contribution in [3.8, 4) is 6.07 Å². The SMILES string of the molecule is CC(C)(C)C1CCC(C(=O)Nc2ccn(CC#N)n2)CC1. The van der Waals surface area contributed by atoms with Gasteiger partial charge >= 0.3 is 0 Å². The van der Waals surface area contributed by atoms with Gasteiger partial charge in [0.05, 0.1) is 6.07 Å². The van der Waals surface area contributed by atoms with Crippen molar-refractivity contribution in [2.75, 3.05) is 5.32 Å². The van der Waals surface area contributed by atoms with Crippen LogP contribution in [0.3, 0.4) is 0 Å². The maximum absolute atomic E-state index is 12.3. The number of nitriles is 1. The first-order chi connectivity index (χ1) is 9.90. The van der Waals surface area contributed by atoms with Crippen LogP contribution in [0.5, 0.6) is 0 Å². The zero-order valence-electron chi connectivity index (χ0n) is 13.1. The van der Waals surface area contributed by atoms with Gasteiger partial charge in [-0.1, -0.05) is 20.8 Å². The first-order valence-corrected chi connectivity index (χ1v) is 7.61. The molecular weight excluding hydrogens is 264 g/mol. The minimum absolute atomic E-state index is 0.0598. The fraction of sp³-hybridized carbons (Fsp3) is 0.688. The second-order valence-corrected chi connectivity index (χ2v) is 6.96. The molecule has 0 atom stereocenters. The van der Waals surface area contributed by atoms with Crippen molar-refractivity contribution >= 4 is 11.7 Å². The van der Waals surface area contributed by atoms with Gasteiger partial charge < -0.3 is 5.32 Å². The van der Waals surface area contributed by atoms with Gasteiger partial charge in [0.25, 0.3) is 0 Å². The molecule has 0 bridgehead atoms. The molecule has 5 nitrogen and oxygen atoms in total. The van der Waals surface area contributed by atoms with E-state index in [9.17, 15) is 4.79 Å². The molecule has 0 spiro atoms. The van der Waals surface area contributed by atoms with Crippen LogP contribution in [0.4, 0.5) is 5.82 Å². The number of nitrogens with one attached hydrogen (secondary N) is 1. The Morgan fingerprint density at radius 1 is 1.43 bits per heavy atom. The van der Waals surface area contributed by atoms with E-state index in [0.29, 0.717) is 17.2 Å². The summed E-state index contributed by atoms with van der Waals surface area (Å²) in [5.74, 6) is 1.39. The summed E-state index contributed by atoms with van der Waals surface area (Å²) in [6.07, 6.45) is 5.84. The minimum atomic E-state index is 0.0598. The molecule has 1 N–H and O–H groups in total. The van der Waals surface area contributed by atoms with Crippen molar-refractivity contribution in [3.05, 3.63) is 12.3 Å². The van der Waals surface area contributed by atoms with Gasteiger partial charge in [0.1, 0.15) is 6.54 Å². The van der Waals surface area contributed by atoms with Crippen LogP contribution >= 0.6 is 0 Å². The predicted molar refractivity (Wildman–Crippen MR) is 81.4 cm³/mol. The van der Waals surface area contributed by atoms with E-state index in [1.165, 1.54) is 4.68 Å². The molecule has 1 heterocycles. The van der Waals surface area contributed by atoms with Crippen LogP contribution in [-0.2, 0) is 11.3 Å². The Kier molecular flexibility index (Phi) is 4.66. The molecule has 0 aromatic carbocycles. The molecular formula is C16H24N4O. The molecule has 114 valence electrons. The number of amides is 1.